The number of hydrogen-bond acceptors (Lipinski definition) is 6. The summed E-state index contributed by atoms with van der Waals surface area (Å²) in [6, 6.07) is 5.98. The molecule has 0 bridgehead atoms. The van der Waals surface area contributed by atoms with Crippen molar-refractivity contribution >= 4 is 5.91 Å². The summed E-state index contributed by atoms with van der Waals surface area (Å²) in [5.74, 6) is 1.83. The van der Waals surface area contributed by atoms with Gasteiger partial charge < -0.3 is 19.5 Å². The summed E-state index contributed by atoms with van der Waals surface area (Å²) in [4.78, 5) is 17.6. The second-order valence-corrected chi connectivity index (χ2v) is 9.19. The maximum absolute atomic E-state index is 12.7. The first-order valence-electron chi connectivity index (χ1n) is 11.7. The summed E-state index contributed by atoms with van der Waals surface area (Å²) in [5, 5.41) is 3.27. The van der Waals surface area contributed by atoms with E-state index in [9.17, 15) is 4.79 Å². The van der Waals surface area contributed by atoms with E-state index < -0.39 is 0 Å². The molecule has 0 unspecified atom stereocenters. The van der Waals surface area contributed by atoms with Gasteiger partial charge in [-0.3, -0.25) is 14.6 Å². The molecule has 3 aliphatic rings. The highest BCUT2D eigenvalue weighted by Gasteiger charge is 2.40. The molecule has 31 heavy (non-hydrogen) atoms. The fraction of sp³-hybridized carbons (Fsp3) is 0.708. The van der Waals surface area contributed by atoms with Crippen LogP contribution in [-0.2, 0) is 16.1 Å². The Morgan fingerprint density at radius 2 is 2.03 bits per heavy atom. The zero-order valence-corrected chi connectivity index (χ0v) is 19.0. The predicted molar refractivity (Wildman–Crippen MR) is 120 cm³/mol. The molecule has 2 fully saturated rings. The van der Waals surface area contributed by atoms with Crippen molar-refractivity contribution in [3.05, 3.63) is 23.8 Å². The highest BCUT2D eigenvalue weighted by molar-refractivity contribution is 5.76. The highest BCUT2D eigenvalue weighted by Crippen LogP contribution is 2.35. The van der Waals surface area contributed by atoms with Crippen LogP contribution in [0, 0.1) is 0 Å². The zero-order valence-electron chi connectivity index (χ0n) is 19.0. The largest absolute Gasteiger partial charge is 0.497 e. The van der Waals surface area contributed by atoms with Gasteiger partial charge in [-0.2, -0.15) is 0 Å². The van der Waals surface area contributed by atoms with Gasteiger partial charge in [-0.05, 0) is 25.8 Å². The van der Waals surface area contributed by atoms with E-state index in [2.05, 4.69) is 28.1 Å². The number of rotatable bonds is 7. The van der Waals surface area contributed by atoms with Crippen molar-refractivity contribution in [1.29, 1.82) is 0 Å². The normalized spacial score (nSPS) is 24.1. The third kappa shape index (κ3) is 5.51. The summed E-state index contributed by atoms with van der Waals surface area (Å²) < 4.78 is 17.0. The minimum atomic E-state index is 0.0690. The number of benzene rings is 1. The van der Waals surface area contributed by atoms with Crippen molar-refractivity contribution in [2.45, 2.75) is 57.2 Å². The molecule has 1 aliphatic carbocycles. The van der Waals surface area contributed by atoms with E-state index >= 15 is 0 Å². The Kier molecular flexibility index (Phi) is 7.35. The Balaban J connectivity index is 1.29. The van der Waals surface area contributed by atoms with E-state index in [1.54, 1.807) is 7.11 Å². The van der Waals surface area contributed by atoms with Crippen LogP contribution in [-0.4, -0.2) is 80.4 Å². The van der Waals surface area contributed by atoms with Gasteiger partial charge >= 0.3 is 0 Å². The molecule has 2 heterocycles. The molecule has 0 radical (unpaired) electrons. The molecule has 0 spiro atoms. The van der Waals surface area contributed by atoms with Crippen molar-refractivity contribution in [2.24, 2.45) is 0 Å². The van der Waals surface area contributed by atoms with E-state index in [0.29, 0.717) is 6.42 Å². The fourth-order valence-corrected chi connectivity index (χ4v) is 5.28. The number of carbonyl (C=O) groups excluding carboxylic acids is 1. The number of amides is 1. The van der Waals surface area contributed by atoms with Crippen molar-refractivity contribution < 1.29 is 19.0 Å². The van der Waals surface area contributed by atoms with Crippen molar-refractivity contribution in [1.82, 2.24) is 15.1 Å². The number of methoxy groups -OCH3 is 1. The number of nitrogens with zero attached hydrogens (tertiary/aromatic N) is 2. The second-order valence-electron chi connectivity index (χ2n) is 9.19. The number of nitrogens with one attached hydrogen (secondary N) is 1. The van der Waals surface area contributed by atoms with Crippen molar-refractivity contribution in [2.75, 3.05) is 53.0 Å². The first-order chi connectivity index (χ1) is 15.1. The highest BCUT2D eigenvalue weighted by atomic mass is 16.5. The van der Waals surface area contributed by atoms with Crippen LogP contribution in [0.5, 0.6) is 11.5 Å². The lowest BCUT2D eigenvalue weighted by molar-refractivity contribution is -0.122. The van der Waals surface area contributed by atoms with E-state index in [-0.39, 0.29) is 17.6 Å². The predicted octanol–water partition coefficient (Wildman–Crippen LogP) is 2.43. The van der Waals surface area contributed by atoms with Gasteiger partial charge in [0.15, 0.2) is 0 Å². The quantitative estimate of drug-likeness (QED) is 0.716. The van der Waals surface area contributed by atoms with Crippen LogP contribution in [0.3, 0.4) is 0 Å². The molecule has 1 saturated heterocycles. The average molecular weight is 432 g/mol. The zero-order chi connectivity index (χ0) is 21.7. The van der Waals surface area contributed by atoms with E-state index in [0.717, 1.165) is 69.5 Å². The van der Waals surface area contributed by atoms with Gasteiger partial charge in [0.2, 0.25) is 5.91 Å². The maximum atomic E-state index is 12.7. The molecule has 7 nitrogen and oxygen atoms in total. The second kappa shape index (κ2) is 10.2. The van der Waals surface area contributed by atoms with Crippen LogP contribution in [0.4, 0.5) is 0 Å². The molecule has 1 atom stereocenters. The van der Waals surface area contributed by atoms with Gasteiger partial charge in [0.05, 0.1) is 20.3 Å². The lowest BCUT2D eigenvalue weighted by Gasteiger charge is -2.43. The minimum absolute atomic E-state index is 0.0690. The van der Waals surface area contributed by atoms with Crippen LogP contribution in [0.25, 0.3) is 0 Å². The summed E-state index contributed by atoms with van der Waals surface area (Å²) in [6.07, 6.45) is 5.44. The monoisotopic (exact) mass is 431 g/mol. The van der Waals surface area contributed by atoms with Crippen LogP contribution in [0.15, 0.2) is 18.2 Å². The third-order valence-electron chi connectivity index (χ3n) is 7.00. The van der Waals surface area contributed by atoms with Crippen LogP contribution in [0.1, 0.15) is 44.6 Å². The molecule has 7 heteroatoms. The van der Waals surface area contributed by atoms with Gasteiger partial charge in [-0.15, -0.1) is 0 Å². The number of hydrogen-bond donors (Lipinski definition) is 1. The number of carbonyl (C=O) groups is 1. The topological polar surface area (TPSA) is 63.3 Å². The number of morpholine rings is 1. The van der Waals surface area contributed by atoms with Gasteiger partial charge in [0.25, 0.3) is 0 Å². The Labute approximate surface area is 186 Å². The summed E-state index contributed by atoms with van der Waals surface area (Å²) in [7, 11) is 1.67. The summed E-state index contributed by atoms with van der Waals surface area (Å²) in [5.41, 5.74) is 1.27. The molecule has 0 aromatic heterocycles. The Bertz CT molecular complexity index is 744. The van der Waals surface area contributed by atoms with Crippen molar-refractivity contribution in [3.8, 4) is 11.5 Å². The molecule has 1 saturated carbocycles. The molecule has 1 aromatic carbocycles. The molecular formula is C24H37N3O4. The average Bonchev–Trinajstić information content (AvgIpc) is 3.21. The van der Waals surface area contributed by atoms with Gasteiger partial charge in [0.1, 0.15) is 17.6 Å². The van der Waals surface area contributed by atoms with E-state index in [1.165, 1.54) is 25.7 Å². The van der Waals surface area contributed by atoms with E-state index in [4.69, 9.17) is 14.2 Å². The van der Waals surface area contributed by atoms with Gasteiger partial charge in [-0.1, -0.05) is 18.9 Å². The Morgan fingerprint density at radius 1 is 1.26 bits per heavy atom. The first-order valence-corrected chi connectivity index (χ1v) is 11.7. The van der Waals surface area contributed by atoms with Gasteiger partial charge in [0, 0.05) is 62.9 Å². The number of fused-ring (bicyclic) bond motifs is 1. The lowest BCUT2D eigenvalue weighted by atomic mass is 9.94. The maximum Gasteiger partial charge on any atom is 0.221 e. The molecule has 172 valence electrons. The lowest BCUT2D eigenvalue weighted by Crippen LogP contribution is -2.57. The Morgan fingerprint density at radius 3 is 2.77 bits per heavy atom. The van der Waals surface area contributed by atoms with Gasteiger partial charge in [-0.25, -0.2) is 0 Å². The molecule has 4 rings (SSSR count). The Hall–Kier alpha value is -1.83. The minimum Gasteiger partial charge on any atom is -0.497 e. The van der Waals surface area contributed by atoms with Crippen LogP contribution in [0.2, 0.25) is 0 Å². The fourth-order valence-electron chi connectivity index (χ4n) is 5.28. The molecule has 2 aliphatic heterocycles. The molecule has 1 N–H and O–H groups in total. The first kappa shape index (κ1) is 22.4. The van der Waals surface area contributed by atoms with E-state index in [1.807, 2.05) is 12.1 Å². The van der Waals surface area contributed by atoms with Crippen LogP contribution < -0.4 is 14.8 Å². The number of ether oxygens (including phenoxy) is 3. The van der Waals surface area contributed by atoms with Crippen LogP contribution >= 0.6 is 0 Å². The molecule has 1 amide bonds. The smallest absolute Gasteiger partial charge is 0.221 e. The standard InChI is InChI=1S/C24H37N3O4/c1-19-16-26(17-20-5-6-21(29-2)15-22(20)31-19)10-7-23(28)25-18-24(8-3-4-9-24)27-11-13-30-14-12-27/h5-6,15,19H,3-4,7-14,16-18H2,1-2H3,(H,25,28)/t19-/m0/s1. The summed E-state index contributed by atoms with van der Waals surface area (Å²) in [6.45, 7) is 8.72. The SMILES string of the molecule is COc1ccc2c(c1)O[C@@H](C)CN(CCC(=O)NCC1(N3CCOCC3)CCCC1)C2. The third-order valence-corrected chi connectivity index (χ3v) is 7.00. The summed E-state index contributed by atoms with van der Waals surface area (Å²) >= 11 is 0. The van der Waals surface area contributed by atoms with Crippen molar-refractivity contribution in [3.63, 3.8) is 0 Å². The molecular weight excluding hydrogens is 394 g/mol. The molecule has 1 aromatic rings.